The topological polar surface area (TPSA) is 92.5 Å². The Kier molecular flexibility index (Phi) is 8.73. The summed E-state index contributed by atoms with van der Waals surface area (Å²) in [6.07, 6.45) is 2.81. The molecule has 1 heterocycles. The fraction of sp³-hybridized carbons (Fsp3) is 0.632. The molecule has 0 aromatic heterocycles. The minimum Gasteiger partial charge on any atom is -0.354 e. The van der Waals surface area contributed by atoms with E-state index in [1.54, 1.807) is 16.4 Å². The van der Waals surface area contributed by atoms with E-state index in [0.29, 0.717) is 24.5 Å². The van der Waals surface area contributed by atoms with Crippen molar-refractivity contribution in [2.45, 2.75) is 62.8 Å². The van der Waals surface area contributed by atoms with Crippen LogP contribution in [0.4, 0.5) is 0 Å². The largest absolute Gasteiger partial charge is 0.354 e. The molecule has 1 atom stereocenters. The molecule has 1 aliphatic rings. The quantitative estimate of drug-likeness (QED) is 0.743. The number of carbonyl (C=O) groups is 1. The first kappa shape index (κ1) is 23.9. The van der Waals surface area contributed by atoms with Gasteiger partial charge in [-0.3, -0.25) is 4.79 Å². The van der Waals surface area contributed by atoms with Crippen LogP contribution >= 0.6 is 12.4 Å². The van der Waals surface area contributed by atoms with Crippen molar-refractivity contribution < 1.29 is 13.2 Å². The van der Waals surface area contributed by atoms with Gasteiger partial charge in [0.2, 0.25) is 15.9 Å². The second-order valence-electron chi connectivity index (χ2n) is 7.88. The van der Waals surface area contributed by atoms with Crippen LogP contribution in [0.5, 0.6) is 0 Å². The standard InChI is InChI=1S/C19H31N3O3S.ClH/c1-19(2,3)15-7-9-17(10-8-15)26(24,25)22-13-5-4-6-16(22)14-21-18(23)11-12-20;/h7-10,16H,4-6,11-14,20H2,1-3H3,(H,21,23);1H. The number of benzene rings is 1. The van der Waals surface area contributed by atoms with Crippen molar-refractivity contribution in [3.8, 4) is 0 Å². The van der Waals surface area contributed by atoms with Crippen LogP contribution in [0.15, 0.2) is 29.2 Å². The number of nitrogens with two attached hydrogens (primary N) is 1. The number of amides is 1. The minimum absolute atomic E-state index is 0. The highest BCUT2D eigenvalue weighted by Crippen LogP contribution is 2.28. The van der Waals surface area contributed by atoms with Crippen molar-refractivity contribution >= 4 is 28.3 Å². The van der Waals surface area contributed by atoms with E-state index in [9.17, 15) is 13.2 Å². The summed E-state index contributed by atoms with van der Waals surface area (Å²) >= 11 is 0. The molecule has 1 amide bonds. The molecule has 0 saturated carbocycles. The van der Waals surface area contributed by atoms with E-state index in [-0.39, 0.29) is 36.2 Å². The number of hydrogen-bond donors (Lipinski definition) is 2. The maximum Gasteiger partial charge on any atom is 0.243 e. The van der Waals surface area contributed by atoms with Gasteiger partial charge in [-0.15, -0.1) is 12.4 Å². The van der Waals surface area contributed by atoms with Crippen LogP contribution in [0.3, 0.4) is 0 Å². The van der Waals surface area contributed by atoms with Crippen LogP contribution in [-0.2, 0) is 20.2 Å². The highest BCUT2D eigenvalue weighted by atomic mass is 35.5. The number of nitrogens with one attached hydrogen (secondary N) is 1. The Morgan fingerprint density at radius 3 is 2.41 bits per heavy atom. The fourth-order valence-electron chi connectivity index (χ4n) is 3.21. The van der Waals surface area contributed by atoms with Gasteiger partial charge in [-0.1, -0.05) is 39.3 Å². The predicted molar refractivity (Wildman–Crippen MR) is 111 cm³/mol. The van der Waals surface area contributed by atoms with Crippen molar-refractivity contribution in [2.75, 3.05) is 19.6 Å². The third-order valence-corrected chi connectivity index (χ3v) is 6.77. The van der Waals surface area contributed by atoms with Crippen LogP contribution in [0.2, 0.25) is 0 Å². The first-order chi connectivity index (χ1) is 12.2. The van der Waals surface area contributed by atoms with Gasteiger partial charge < -0.3 is 11.1 Å². The molecule has 0 radical (unpaired) electrons. The summed E-state index contributed by atoms with van der Waals surface area (Å²) < 4.78 is 27.8. The normalized spacial score (nSPS) is 18.6. The molecule has 1 aromatic rings. The highest BCUT2D eigenvalue weighted by molar-refractivity contribution is 7.89. The lowest BCUT2D eigenvalue weighted by atomic mass is 9.87. The van der Waals surface area contributed by atoms with Gasteiger partial charge in [0, 0.05) is 32.1 Å². The van der Waals surface area contributed by atoms with E-state index < -0.39 is 10.0 Å². The third kappa shape index (κ3) is 6.17. The summed E-state index contributed by atoms with van der Waals surface area (Å²) in [5, 5.41) is 2.81. The van der Waals surface area contributed by atoms with E-state index in [1.807, 2.05) is 12.1 Å². The van der Waals surface area contributed by atoms with Crippen LogP contribution in [0, 0.1) is 0 Å². The van der Waals surface area contributed by atoms with Crippen molar-refractivity contribution in [3.63, 3.8) is 0 Å². The number of sulfonamides is 1. The molecule has 0 aliphatic carbocycles. The monoisotopic (exact) mass is 417 g/mol. The van der Waals surface area contributed by atoms with E-state index in [4.69, 9.17) is 5.73 Å². The van der Waals surface area contributed by atoms with Gasteiger partial charge in [-0.25, -0.2) is 8.42 Å². The van der Waals surface area contributed by atoms with E-state index in [1.165, 1.54) is 0 Å². The molecule has 1 unspecified atom stereocenters. The SMILES string of the molecule is CC(C)(C)c1ccc(S(=O)(=O)N2CCCCC2CNC(=O)CCN)cc1.Cl. The van der Waals surface area contributed by atoms with Crippen LogP contribution in [0.1, 0.15) is 52.0 Å². The Balaban J connectivity index is 0.00000364. The second kappa shape index (κ2) is 9.87. The number of carbonyl (C=O) groups excluding carboxylic acids is 1. The maximum absolute atomic E-state index is 13.1. The first-order valence-electron chi connectivity index (χ1n) is 9.25. The van der Waals surface area contributed by atoms with E-state index >= 15 is 0 Å². The summed E-state index contributed by atoms with van der Waals surface area (Å²) in [7, 11) is -3.58. The van der Waals surface area contributed by atoms with Crippen LogP contribution < -0.4 is 11.1 Å². The Morgan fingerprint density at radius 1 is 1.22 bits per heavy atom. The zero-order chi connectivity index (χ0) is 19.4. The fourth-order valence-corrected chi connectivity index (χ4v) is 4.90. The van der Waals surface area contributed by atoms with Crippen molar-refractivity contribution in [1.82, 2.24) is 9.62 Å². The van der Waals surface area contributed by atoms with Crippen molar-refractivity contribution in [1.29, 1.82) is 0 Å². The molecule has 8 heteroatoms. The molecule has 154 valence electrons. The summed E-state index contributed by atoms with van der Waals surface area (Å²) in [5.74, 6) is -0.134. The average molecular weight is 418 g/mol. The van der Waals surface area contributed by atoms with Gasteiger partial charge in [0.05, 0.1) is 4.90 Å². The minimum atomic E-state index is -3.58. The summed E-state index contributed by atoms with van der Waals surface area (Å²) in [6.45, 7) is 7.40. The van der Waals surface area contributed by atoms with E-state index in [0.717, 1.165) is 24.8 Å². The highest BCUT2D eigenvalue weighted by Gasteiger charge is 2.33. The molecular weight excluding hydrogens is 386 g/mol. The molecule has 1 fully saturated rings. The molecule has 27 heavy (non-hydrogen) atoms. The molecule has 1 aromatic carbocycles. The lowest BCUT2D eigenvalue weighted by Crippen LogP contribution is -2.49. The number of hydrogen-bond acceptors (Lipinski definition) is 4. The summed E-state index contributed by atoms with van der Waals surface area (Å²) in [4.78, 5) is 12.0. The van der Waals surface area contributed by atoms with Gasteiger partial charge in [0.25, 0.3) is 0 Å². The van der Waals surface area contributed by atoms with Crippen molar-refractivity contribution in [2.24, 2.45) is 5.73 Å². The van der Waals surface area contributed by atoms with E-state index in [2.05, 4.69) is 26.1 Å². The number of halogens is 1. The lowest BCUT2D eigenvalue weighted by molar-refractivity contribution is -0.121. The molecule has 0 bridgehead atoms. The Bertz CT molecular complexity index is 715. The third-order valence-electron chi connectivity index (χ3n) is 4.81. The molecule has 2 rings (SSSR count). The molecule has 0 spiro atoms. The Morgan fingerprint density at radius 2 is 1.85 bits per heavy atom. The average Bonchev–Trinajstić information content (AvgIpc) is 2.60. The number of piperidine rings is 1. The zero-order valence-corrected chi connectivity index (χ0v) is 18.0. The smallest absolute Gasteiger partial charge is 0.243 e. The van der Waals surface area contributed by atoms with Gasteiger partial charge in [0.15, 0.2) is 0 Å². The molecule has 1 aliphatic heterocycles. The van der Waals surface area contributed by atoms with Gasteiger partial charge in [0.1, 0.15) is 0 Å². The molecular formula is C19H32ClN3O3S. The first-order valence-corrected chi connectivity index (χ1v) is 10.7. The summed E-state index contributed by atoms with van der Waals surface area (Å²) in [5.41, 5.74) is 6.46. The maximum atomic E-state index is 13.1. The number of nitrogens with zero attached hydrogens (tertiary/aromatic N) is 1. The van der Waals surface area contributed by atoms with Crippen molar-refractivity contribution in [3.05, 3.63) is 29.8 Å². The Labute approximate surface area is 169 Å². The predicted octanol–water partition coefficient (Wildman–Crippen LogP) is 2.41. The zero-order valence-electron chi connectivity index (χ0n) is 16.4. The van der Waals surface area contributed by atoms with Gasteiger partial charge in [-0.05, 0) is 36.0 Å². The van der Waals surface area contributed by atoms with Crippen LogP contribution in [0.25, 0.3) is 0 Å². The van der Waals surface area contributed by atoms with Gasteiger partial charge in [-0.2, -0.15) is 4.31 Å². The Hall–Kier alpha value is -1.15. The molecule has 6 nitrogen and oxygen atoms in total. The lowest BCUT2D eigenvalue weighted by Gasteiger charge is -2.35. The second-order valence-corrected chi connectivity index (χ2v) is 9.77. The molecule has 1 saturated heterocycles. The van der Waals surface area contributed by atoms with Gasteiger partial charge >= 0.3 is 0 Å². The summed E-state index contributed by atoms with van der Waals surface area (Å²) in [6, 6.07) is 6.94. The number of rotatable bonds is 6. The molecule has 3 N–H and O–H groups in total. The van der Waals surface area contributed by atoms with Crippen LogP contribution in [-0.4, -0.2) is 44.3 Å².